The zero-order valence-electron chi connectivity index (χ0n) is 12.4. The number of rotatable bonds is 3. The quantitative estimate of drug-likeness (QED) is 0.941. The van der Waals surface area contributed by atoms with E-state index in [-0.39, 0.29) is 6.04 Å². The van der Waals surface area contributed by atoms with Crippen molar-refractivity contribution in [3.63, 3.8) is 0 Å². The molecule has 1 aliphatic heterocycles. The molecule has 116 valence electrons. The van der Waals surface area contributed by atoms with E-state index >= 15 is 0 Å². The van der Waals surface area contributed by atoms with E-state index in [1.54, 1.807) is 11.3 Å². The van der Waals surface area contributed by atoms with Gasteiger partial charge in [0.2, 0.25) is 0 Å². The van der Waals surface area contributed by atoms with Gasteiger partial charge in [-0.3, -0.25) is 9.69 Å². The van der Waals surface area contributed by atoms with Gasteiger partial charge in [0.05, 0.1) is 16.8 Å². The molecule has 1 saturated heterocycles. The highest BCUT2D eigenvalue weighted by molar-refractivity contribution is 7.18. The molecule has 0 bridgehead atoms. The average Bonchev–Trinajstić information content (AvgIpc) is 3.09. The number of likely N-dealkylation sites (tertiary alicyclic amines) is 1. The van der Waals surface area contributed by atoms with Gasteiger partial charge in [-0.15, -0.1) is 11.3 Å². The van der Waals surface area contributed by atoms with Crippen LogP contribution in [0.15, 0.2) is 24.3 Å². The highest BCUT2D eigenvalue weighted by Crippen LogP contribution is 2.41. The lowest BCUT2D eigenvalue weighted by Gasteiger charge is -2.32. The fourth-order valence-corrected chi connectivity index (χ4v) is 5.14. The summed E-state index contributed by atoms with van der Waals surface area (Å²) in [5.74, 6) is -0.111. The van der Waals surface area contributed by atoms with E-state index in [9.17, 15) is 9.90 Å². The SMILES string of the molecule is O=C(O)[C@@H]1C[C@@H]2CCCC[C@@H]2N1Cc1nc2ccccc2s1. The van der Waals surface area contributed by atoms with Crippen LogP contribution in [0.1, 0.15) is 37.1 Å². The van der Waals surface area contributed by atoms with Crippen LogP contribution in [0.5, 0.6) is 0 Å². The van der Waals surface area contributed by atoms with Crippen LogP contribution >= 0.6 is 11.3 Å². The van der Waals surface area contributed by atoms with Crippen LogP contribution in [0.25, 0.3) is 10.2 Å². The van der Waals surface area contributed by atoms with E-state index < -0.39 is 5.97 Å². The molecule has 0 spiro atoms. The van der Waals surface area contributed by atoms with Crippen molar-refractivity contribution in [2.45, 2.75) is 50.7 Å². The molecule has 2 heterocycles. The van der Waals surface area contributed by atoms with Crippen molar-refractivity contribution in [3.05, 3.63) is 29.3 Å². The predicted octanol–water partition coefficient (Wildman–Crippen LogP) is 3.51. The van der Waals surface area contributed by atoms with Crippen molar-refractivity contribution >= 4 is 27.5 Å². The molecule has 2 aliphatic rings. The maximum absolute atomic E-state index is 11.7. The highest BCUT2D eigenvalue weighted by atomic mass is 32.1. The fourth-order valence-electron chi connectivity index (χ4n) is 4.17. The highest BCUT2D eigenvalue weighted by Gasteiger charge is 2.45. The summed E-state index contributed by atoms with van der Waals surface area (Å²) < 4.78 is 1.18. The molecule has 1 aromatic heterocycles. The predicted molar refractivity (Wildman–Crippen MR) is 86.9 cm³/mol. The van der Waals surface area contributed by atoms with Gasteiger partial charge < -0.3 is 5.11 Å². The van der Waals surface area contributed by atoms with Crippen LogP contribution in [-0.2, 0) is 11.3 Å². The Bertz CT molecular complexity index is 666. The first-order valence-electron chi connectivity index (χ1n) is 8.05. The van der Waals surface area contributed by atoms with Crippen molar-refractivity contribution in [1.82, 2.24) is 9.88 Å². The van der Waals surface area contributed by atoms with Crippen LogP contribution in [0.2, 0.25) is 0 Å². The van der Waals surface area contributed by atoms with Crippen LogP contribution in [0.4, 0.5) is 0 Å². The Hall–Kier alpha value is -1.46. The van der Waals surface area contributed by atoms with Crippen molar-refractivity contribution in [2.75, 3.05) is 0 Å². The summed E-state index contributed by atoms with van der Waals surface area (Å²) in [5.41, 5.74) is 1.02. The lowest BCUT2D eigenvalue weighted by Crippen LogP contribution is -2.41. The van der Waals surface area contributed by atoms with E-state index in [1.807, 2.05) is 18.2 Å². The zero-order valence-corrected chi connectivity index (χ0v) is 13.3. The molecule has 1 aliphatic carbocycles. The van der Waals surface area contributed by atoms with Crippen LogP contribution in [-0.4, -0.2) is 33.0 Å². The molecule has 5 heteroatoms. The fraction of sp³-hybridized carbons (Fsp3) is 0.529. The molecule has 2 fully saturated rings. The van der Waals surface area contributed by atoms with Gasteiger partial charge in [0, 0.05) is 6.04 Å². The number of carbonyl (C=O) groups is 1. The number of carboxylic acid groups (broad SMARTS) is 1. The monoisotopic (exact) mass is 316 g/mol. The Morgan fingerprint density at radius 3 is 2.95 bits per heavy atom. The minimum absolute atomic E-state index is 0.333. The average molecular weight is 316 g/mol. The first kappa shape index (κ1) is 14.2. The summed E-state index contributed by atoms with van der Waals surface area (Å²) in [6, 6.07) is 8.23. The summed E-state index contributed by atoms with van der Waals surface area (Å²) >= 11 is 1.69. The molecule has 1 aromatic carbocycles. The number of nitrogens with zero attached hydrogens (tertiary/aromatic N) is 2. The summed E-state index contributed by atoms with van der Waals surface area (Å²) in [5, 5.41) is 10.6. The molecular formula is C17H20N2O2S. The van der Waals surface area contributed by atoms with Gasteiger partial charge in [0.15, 0.2) is 0 Å². The van der Waals surface area contributed by atoms with Crippen molar-refractivity contribution < 1.29 is 9.90 Å². The molecule has 22 heavy (non-hydrogen) atoms. The Morgan fingerprint density at radius 1 is 1.32 bits per heavy atom. The Morgan fingerprint density at radius 2 is 2.14 bits per heavy atom. The third-order valence-corrected chi connectivity index (χ3v) is 6.18. The number of aromatic nitrogens is 1. The summed E-state index contributed by atoms with van der Waals surface area (Å²) in [4.78, 5) is 18.6. The number of hydrogen-bond acceptors (Lipinski definition) is 4. The molecule has 1 saturated carbocycles. The van der Waals surface area contributed by atoms with E-state index in [2.05, 4.69) is 11.0 Å². The summed E-state index contributed by atoms with van der Waals surface area (Å²) in [7, 11) is 0. The standard InChI is InChI=1S/C17H20N2O2S/c20-17(21)14-9-11-5-1-3-7-13(11)19(14)10-16-18-12-6-2-4-8-15(12)22-16/h2,4,6,8,11,13-14H,1,3,5,7,9-10H2,(H,20,21)/t11-,13-,14-/m0/s1. The lowest BCUT2D eigenvalue weighted by molar-refractivity contribution is -0.142. The van der Waals surface area contributed by atoms with E-state index in [4.69, 9.17) is 4.98 Å². The zero-order chi connectivity index (χ0) is 15.1. The lowest BCUT2D eigenvalue weighted by atomic mass is 9.85. The number of benzene rings is 1. The molecule has 4 rings (SSSR count). The number of carboxylic acids is 1. The van der Waals surface area contributed by atoms with Crippen molar-refractivity contribution in [1.29, 1.82) is 0 Å². The first-order valence-corrected chi connectivity index (χ1v) is 8.87. The van der Waals surface area contributed by atoms with Gasteiger partial charge in [-0.05, 0) is 37.3 Å². The minimum Gasteiger partial charge on any atom is -0.480 e. The smallest absolute Gasteiger partial charge is 0.320 e. The number of thiazole rings is 1. The van der Waals surface area contributed by atoms with Crippen LogP contribution in [0, 0.1) is 5.92 Å². The van der Waals surface area contributed by atoms with Gasteiger partial charge in [0.25, 0.3) is 0 Å². The maximum Gasteiger partial charge on any atom is 0.320 e. The minimum atomic E-state index is -0.671. The van der Waals surface area contributed by atoms with Crippen molar-refractivity contribution in [2.24, 2.45) is 5.92 Å². The largest absolute Gasteiger partial charge is 0.480 e. The maximum atomic E-state index is 11.7. The van der Waals surface area contributed by atoms with Crippen LogP contribution in [0.3, 0.4) is 0 Å². The van der Waals surface area contributed by atoms with Gasteiger partial charge >= 0.3 is 5.97 Å². The second kappa shape index (κ2) is 5.63. The number of aliphatic carboxylic acids is 1. The second-order valence-corrected chi connectivity index (χ2v) is 7.56. The Kier molecular flexibility index (Phi) is 3.62. The summed E-state index contributed by atoms with van der Waals surface area (Å²) in [6.07, 6.45) is 5.61. The normalized spacial score (nSPS) is 28.8. The van der Waals surface area contributed by atoms with Gasteiger partial charge in [-0.1, -0.05) is 25.0 Å². The molecule has 3 atom stereocenters. The van der Waals surface area contributed by atoms with Crippen molar-refractivity contribution in [3.8, 4) is 0 Å². The van der Waals surface area contributed by atoms with E-state index in [0.29, 0.717) is 18.5 Å². The molecule has 2 aromatic rings. The number of para-hydroxylation sites is 1. The van der Waals surface area contributed by atoms with Gasteiger partial charge in [-0.25, -0.2) is 4.98 Å². The summed E-state index contributed by atoms with van der Waals surface area (Å²) in [6.45, 7) is 0.678. The number of fused-ring (bicyclic) bond motifs is 2. The van der Waals surface area contributed by atoms with E-state index in [0.717, 1.165) is 23.4 Å². The molecular weight excluding hydrogens is 296 g/mol. The first-order chi connectivity index (χ1) is 10.7. The number of hydrogen-bond donors (Lipinski definition) is 1. The second-order valence-electron chi connectivity index (χ2n) is 6.45. The molecule has 0 radical (unpaired) electrons. The van der Waals surface area contributed by atoms with E-state index in [1.165, 1.54) is 24.0 Å². The van der Waals surface area contributed by atoms with Gasteiger partial charge in [-0.2, -0.15) is 0 Å². The third-order valence-electron chi connectivity index (χ3n) is 5.16. The molecule has 0 unspecified atom stereocenters. The Balaban J connectivity index is 1.62. The topological polar surface area (TPSA) is 53.4 Å². The third kappa shape index (κ3) is 2.42. The van der Waals surface area contributed by atoms with Crippen LogP contribution < -0.4 is 0 Å². The Labute approximate surface area is 133 Å². The van der Waals surface area contributed by atoms with Gasteiger partial charge in [0.1, 0.15) is 11.0 Å². The molecule has 1 N–H and O–H groups in total. The molecule has 0 amide bonds. The molecule has 4 nitrogen and oxygen atoms in total.